The maximum Gasteiger partial charge on any atom is 0.0236 e. The van der Waals surface area contributed by atoms with Crippen LogP contribution in [0.2, 0.25) is 0 Å². The lowest BCUT2D eigenvalue weighted by atomic mass is 10.1. The summed E-state index contributed by atoms with van der Waals surface area (Å²) in [5, 5.41) is 3.18. The van der Waals surface area contributed by atoms with Crippen molar-refractivity contribution in [2.75, 3.05) is 48.3 Å². The molecule has 4 heteroatoms. The third-order valence-corrected chi connectivity index (χ3v) is 4.26. The zero-order valence-corrected chi connectivity index (χ0v) is 19.5. The van der Waals surface area contributed by atoms with E-state index in [1.165, 1.54) is 11.4 Å². The average molecular weight is 379 g/mol. The Morgan fingerprint density at radius 1 is 0.926 bits per heavy atom. The van der Waals surface area contributed by atoms with Gasteiger partial charge in [-0.25, -0.2) is 0 Å². The molecule has 27 heavy (non-hydrogen) atoms. The third kappa shape index (κ3) is 13.0. The molecule has 4 nitrogen and oxygen atoms in total. The van der Waals surface area contributed by atoms with Gasteiger partial charge in [-0.15, -0.1) is 0 Å². The van der Waals surface area contributed by atoms with E-state index >= 15 is 0 Å². The molecule has 158 valence electrons. The topological polar surface area (TPSA) is 21.8 Å². The van der Waals surface area contributed by atoms with Crippen LogP contribution in [0.5, 0.6) is 0 Å². The van der Waals surface area contributed by atoms with Gasteiger partial charge in [0, 0.05) is 71.6 Å². The summed E-state index contributed by atoms with van der Waals surface area (Å²) in [6, 6.07) is 0. The molecule has 2 unspecified atom stereocenters. The van der Waals surface area contributed by atoms with E-state index in [4.69, 9.17) is 0 Å². The van der Waals surface area contributed by atoms with Gasteiger partial charge in [0.05, 0.1) is 0 Å². The fraction of sp³-hybridized carbons (Fsp3) is 0.652. The van der Waals surface area contributed by atoms with Crippen LogP contribution in [-0.2, 0) is 0 Å². The second kappa shape index (κ2) is 16.3. The second-order valence-electron chi connectivity index (χ2n) is 6.90. The minimum atomic E-state index is 0.643. The molecule has 2 rings (SSSR count). The van der Waals surface area contributed by atoms with E-state index < -0.39 is 0 Å². The smallest absolute Gasteiger partial charge is 0.0236 e. The number of rotatable bonds is 6. The van der Waals surface area contributed by atoms with Crippen LogP contribution in [0.25, 0.3) is 0 Å². The van der Waals surface area contributed by atoms with Crippen LogP contribution in [-0.4, -0.2) is 63.0 Å². The van der Waals surface area contributed by atoms with E-state index in [0.717, 1.165) is 25.9 Å². The van der Waals surface area contributed by atoms with Gasteiger partial charge in [0.1, 0.15) is 0 Å². The van der Waals surface area contributed by atoms with Gasteiger partial charge in [0.15, 0.2) is 0 Å². The van der Waals surface area contributed by atoms with Crippen molar-refractivity contribution in [2.24, 2.45) is 11.8 Å². The standard InChI is InChI=1S/C10H18N2.C9H16N2.2C2H6/c1-9(11(2)3)7-10-5-6-12(4)8-10;1-8(11(2)3)6-9-4-5-10-7-9;2*1-2/h5-6,10H,1,7-8H2,2-4H3;4-5,9-10H,1,6-7H2,2-3H3;2*1-2H3. The Morgan fingerprint density at radius 2 is 1.41 bits per heavy atom. The summed E-state index contributed by atoms with van der Waals surface area (Å²) in [4.78, 5) is 6.38. The summed E-state index contributed by atoms with van der Waals surface area (Å²) in [6.07, 6.45) is 10.8. The number of nitrogens with zero attached hydrogens (tertiary/aromatic N) is 3. The van der Waals surface area contributed by atoms with Crippen molar-refractivity contribution in [3.8, 4) is 0 Å². The molecule has 0 aromatic carbocycles. The summed E-state index contributed by atoms with van der Waals surface area (Å²) in [7, 11) is 10.3. The van der Waals surface area contributed by atoms with Gasteiger partial charge >= 0.3 is 0 Å². The van der Waals surface area contributed by atoms with Gasteiger partial charge in [-0.05, 0) is 25.2 Å². The summed E-state index contributed by atoms with van der Waals surface area (Å²) < 4.78 is 0. The lowest BCUT2D eigenvalue weighted by Gasteiger charge is -2.19. The van der Waals surface area contributed by atoms with Crippen LogP contribution in [0.1, 0.15) is 40.5 Å². The minimum absolute atomic E-state index is 0.643. The zero-order chi connectivity index (χ0) is 21.4. The SMILES string of the molecule is C=C(CC1C=CN(C)C1)N(C)C.C=C(CC1C=CNC1)N(C)C.CC.CC. The fourth-order valence-electron chi connectivity index (χ4n) is 2.50. The molecule has 0 amide bonds. The largest absolute Gasteiger partial charge is 0.391 e. The Bertz CT molecular complexity index is 449. The molecular weight excluding hydrogens is 332 g/mol. The molecule has 0 radical (unpaired) electrons. The van der Waals surface area contributed by atoms with Crippen LogP contribution < -0.4 is 5.32 Å². The van der Waals surface area contributed by atoms with Gasteiger partial charge in [-0.1, -0.05) is 53.0 Å². The highest BCUT2D eigenvalue weighted by Crippen LogP contribution is 2.19. The van der Waals surface area contributed by atoms with Crippen LogP contribution in [0, 0.1) is 11.8 Å². The molecule has 0 spiro atoms. The second-order valence-corrected chi connectivity index (χ2v) is 6.90. The molecule has 2 aliphatic heterocycles. The Balaban J connectivity index is 0. The van der Waals surface area contributed by atoms with E-state index in [1.54, 1.807) is 0 Å². The first-order valence-corrected chi connectivity index (χ1v) is 10.3. The minimum Gasteiger partial charge on any atom is -0.391 e. The van der Waals surface area contributed by atoms with Crippen LogP contribution >= 0.6 is 0 Å². The van der Waals surface area contributed by atoms with E-state index in [0.29, 0.717) is 11.8 Å². The highest BCUT2D eigenvalue weighted by atomic mass is 15.1. The van der Waals surface area contributed by atoms with Crippen LogP contribution in [0.15, 0.2) is 49.1 Å². The first-order chi connectivity index (χ1) is 12.8. The predicted octanol–water partition coefficient (Wildman–Crippen LogP) is 4.76. The quantitative estimate of drug-likeness (QED) is 0.719. The molecule has 0 bridgehead atoms. The highest BCUT2D eigenvalue weighted by molar-refractivity contribution is 5.04. The first-order valence-electron chi connectivity index (χ1n) is 10.3. The molecule has 1 N–H and O–H groups in total. The molecule has 2 atom stereocenters. The number of hydrogen-bond donors (Lipinski definition) is 1. The Morgan fingerprint density at radius 3 is 1.74 bits per heavy atom. The van der Waals surface area contributed by atoms with Crippen molar-refractivity contribution in [2.45, 2.75) is 40.5 Å². The van der Waals surface area contributed by atoms with Crippen molar-refractivity contribution >= 4 is 0 Å². The number of allylic oxidation sites excluding steroid dienone is 2. The summed E-state index contributed by atoms with van der Waals surface area (Å²) >= 11 is 0. The van der Waals surface area contributed by atoms with E-state index in [2.05, 4.69) is 58.6 Å². The molecule has 0 aromatic heterocycles. The predicted molar refractivity (Wildman–Crippen MR) is 123 cm³/mol. The number of nitrogens with one attached hydrogen (secondary N) is 1. The summed E-state index contributed by atoms with van der Waals surface area (Å²) in [6.45, 7) is 18.2. The first kappa shape index (κ1) is 27.4. The van der Waals surface area contributed by atoms with E-state index in [1.807, 2.05) is 62.1 Å². The van der Waals surface area contributed by atoms with Crippen molar-refractivity contribution in [1.82, 2.24) is 20.0 Å². The third-order valence-electron chi connectivity index (χ3n) is 4.26. The van der Waals surface area contributed by atoms with Gasteiger partial charge in [0.2, 0.25) is 0 Å². The molecule has 2 aliphatic rings. The maximum absolute atomic E-state index is 4.02. The van der Waals surface area contributed by atoms with Crippen molar-refractivity contribution in [3.05, 3.63) is 49.1 Å². The van der Waals surface area contributed by atoms with Crippen molar-refractivity contribution < 1.29 is 0 Å². The summed E-state index contributed by atoms with van der Waals surface area (Å²) in [5.74, 6) is 1.30. The molecule has 0 aliphatic carbocycles. The molecule has 0 saturated heterocycles. The molecule has 0 fully saturated rings. The zero-order valence-electron chi connectivity index (χ0n) is 19.5. The Labute approximate surface area is 170 Å². The lowest BCUT2D eigenvalue weighted by Crippen LogP contribution is -2.17. The van der Waals surface area contributed by atoms with Gasteiger partial charge < -0.3 is 20.0 Å². The van der Waals surface area contributed by atoms with Crippen LogP contribution in [0.4, 0.5) is 0 Å². The number of hydrogen-bond acceptors (Lipinski definition) is 4. The fourth-order valence-corrected chi connectivity index (χ4v) is 2.50. The maximum atomic E-state index is 4.02. The molecule has 2 heterocycles. The molecular formula is C23H46N4. The molecule has 0 saturated carbocycles. The Kier molecular flexibility index (Phi) is 16.6. The van der Waals surface area contributed by atoms with Gasteiger partial charge in [-0.3, -0.25) is 0 Å². The lowest BCUT2D eigenvalue weighted by molar-refractivity contribution is 0.404. The monoisotopic (exact) mass is 378 g/mol. The highest BCUT2D eigenvalue weighted by Gasteiger charge is 2.14. The summed E-state index contributed by atoms with van der Waals surface area (Å²) in [5.41, 5.74) is 2.41. The van der Waals surface area contributed by atoms with Gasteiger partial charge in [-0.2, -0.15) is 0 Å². The van der Waals surface area contributed by atoms with E-state index in [-0.39, 0.29) is 0 Å². The van der Waals surface area contributed by atoms with E-state index in [9.17, 15) is 0 Å². The average Bonchev–Trinajstić information content (AvgIpc) is 3.30. The molecule has 0 aromatic rings. The van der Waals surface area contributed by atoms with Crippen LogP contribution in [0.3, 0.4) is 0 Å². The van der Waals surface area contributed by atoms with Crippen molar-refractivity contribution in [1.29, 1.82) is 0 Å². The normalized spacial score (nSPS) is 18.8. The Hall–Kier alpha value is -1.84. The van der Waals surface area contributed by atoms with Crippen molar-refractivity contribution in [3.63, 3.8) is 0 Å². The van der Waals surface area contributed by atoms with Gasteiger partial charge in [0.25, 0.3) is 0 Å².